The summed E-state index contributed by atoms with van der Waals surface area (Å²) in [6.45, 7) is 7.76. The summed E-state index contributed by atoms with van der Waals surface area (Å²) in [7, 11) is 0. The highest BCUT2D eigenvalue weighted by Crippen LogP contribution is 2.27. The monoisotopic (exact) mass is 338 g/mol. The van der Waals surface area contributed by atoms with Crippen LogP contribution in [0.3, 0.4) is 0 Å². The van der Waals surface area contributed by atoms with Gasteiger partial charge in [-0.1, -0.05) is 26.8 Å². The topological polar surface area (TPSA) is 35.0 Å². The molecule has 3 nitrogen and oxygen atoms in total. The predicted molar refractivity (Wildman–Crippen MR) is 79.6 cm³/mol. The maximum atomic E-state index is 13.5. The molecule has 0 aliphatic carbocycles. The molecule has 2 rings (SSSR count). The number of rotatable bonds is 2. The maximum Gasteiger partial charge on any atom is 0.223 e. The average Bonchev–Trinajstić information content (AvgIpc) is 2.32. The van der Waals surface area contributed by atoms with Gasteiger partial charge in [0.1, 0.15) is 22.0 Å². The van der Waals surface area contributed by atoms with E-state index in [9.17, 15) is 4.39 Å². The number of hydrogen-bond acceptors (Lipinski definition) is 3. The normalized spacial score (nSPS) is 11.5. The molecule has 0 spiro atoms. The Kier molecular flexibility index (Phi) is 4.09. The van der Waals surface area contributed by atoms with Gasteiger partial charge in [-0.15, -0.1) is 0 Å². The molecular weight excluding hydrogens is 323 g/mol. The van der Waals surface area contributed by atoms with Gasteiger partial charge in [0.15, 0.2) is 0 Å². The van der Waals surface area contributed by atoms with E-state index >= 15 is 0 Å². The number of nitrogens with zero attached hydrogens (tertiary/aromatic N) is 2. The summed E-state index contributed by atoms with van der Waals surface area (Å²) in [5.74, 6) is 1.17. The quantitative estimate of drug-likeness (QED) is 0.739. The molecule has 0 saturated heterocycles. The fraction of sp³-hybridized carbons (Fsp3) is 0.333. The molecule has 1 heterocycles. The summed E-state index contributed by atoms with van der Waals surface area (Å²) in [6.07, 6.45) is 0. The van der Waals surface area contributed by atoms with Crippen molar-refractivity contribution >= 4 is 15.9 Å². The molecule has 0 atom stereocenters. The number of halogens is 2. The molecule has 0 aliphatic heterocycles. The zero-order valence-electron chi connectivity index (χ0n) is 11.9. The highest BCUT2D eigenvalue weighted by atomic mass is 79.9. The van der Waals surface area contributed by atoms with E-state index in [1.165, 1.54) is 6.07 Å². The molecule has 2 aromatic rings. The first-order valence-corrected chi connectivity index (χ1v) is 7.04. The third-order valence-corrected chi connectivity index (χ3v) is 3.11. The van der Waals surface area contributed by atoms with E-state index in [4.69, 9.17) is 4.74 Å². The molecule has 106 valence electrons. The maximum absolute atomic E-state index is 13.5. The molecule has 0 amide bonds. The number of aromatic nitrogens is 2. The minimum atomic E-state index is -0.299. The van der Waals surface area contributed by atoms with Gasteiger partial charge in [-0.3, -0.25) is 0 Å². The Labute approximate surface area is 126 Å². The van der Waals surface area contributed by atoms with Gasteiger partial charge in [0.05, 0.1) is 0 Å². The van der Waals surface area contributed by atoms with Crippen LogP contribution in [0.5, 0.6) is 11.6 Å². The smallest absolute Gasteiger partial charge is 0.223 e. The molecule has 0 radical (unpaired) electrons. The van der Waals surface area contributed by atoms with E-state index in [-0.39, 0.29) is 11.2 Å². The van der Waals surface area contributed by atoms with E-state index in [2.05, 4.69) is 25.9 Å². The van der Waals surface area contributed by atoms with Crippen molar-refractivity contribution in [2.24, 2.45) is 0 Å². The molecule has 0 bridgehead atoms. The summed E-state index contributed by atoms with van der Waals surface area (Å²) >= 11 is 3.34. The molecule has 0 aliphatic rings. The Morgan fingerprint density at radius 1 is 1.15 bits per heavy atom. The molecule has 0 N–H and O–H groups in total. The van der Waals surface area contributed by atoms with Crippen molar-refractivity contribution in [1.82, 2.24) is 9.97 Å². The van der Waals surface area contributed by atoms with Crippen LogP contribution in [0.25, 0.3) is 0 Å². The summed E-state index contributed by atoms with van der Waals surface area (Å²) in [4.78, 5) is 8.70. The van der Waals surface area contributed by atoms with Gasteiger partial charge in [0.25, 0.3) is 0 Å². The first kappa shape index (κ1) is 14.9. The third-order valence-electron chi connectivity index (χ3n) is 2.71. The van der Waals surface area contributed by atoms with Gasteiger partial charge < -0.3 is 4.74 Å². The first-order valence-electron chi connectivity index (χ1n) is 6.25. The van der Waals surface area contributed by atoms with Crippen LogP contribution < -0.4 is 4.74 Å². The third kappa shape index (κ3) is 3.54. The van der Waals surface area contributed by atoms with E-state index < -0.39 is 0 Å². The molecule has 5 heteroatoms. The first-order chi connectivity index (χ1) is 9.25. The van der Waals surface area contributed by atoms with Crippen LogP contribution in [0.2, 0.25) is 0 Å². The molecular formula is C15H16BrFN2O. The van der Waals surface area contributed by atoms with Crippen LogP contribution in [-0.2, 0) is 5.41 Å². The van der Waals surface area contributed by atoms with Crippen molar-refractivity contribution in [1.29, 1.82) is 0 Å². The largest absolute Gasteiger partial charge is 0.439 e. The van der Waals surface area contributed by atoms with Crippen LogP contribution in [0.4, 0.5) is 4.39 Å². The van der Waals surface area contributed by atoms with E-state index in [0.717, 1.165) is 0 Å². The summed E-state index contributed by atoms with van der Waals surface area (Å²) < 4.78 is 19.8. The lowest BCUT2D eigenvalue weighted by Gasteiger charge is -2.17. The fourth-order valence-corrected chi connectivity index (χ4v) is 1.91. The minimum absolute atomic E-state index is 0.194. The molecule has 1 aromatic carbocycles. The SMILES string of the molecule is Cc1ccc(Oc2cc(Br)nc(C(C)(C)C)n2)cc1F. The fourth-order valence-electron chi connectivity index (χ4n) is 1.54. The standard InChI is InChI=1S/C15H16BrFN2O/c1-9-5-6-10(7-11(9)17)20-13-8-12(16)18-14(19-13)15(2,3)4/h5-8H,1-4H3. The second-order valence-corrected chi connectivity index (χ2v) is 6.43. The van der Waals surface area contributed by atoms with Gasteiger partial charge in [0, 0.05) is 17.5 Å². The minimum Gasteiger partial charge on any atom is -0.439 e. The number of ether oxygens (including phenoxy) is 1. The Bertz CT molecular complexity index is 638. The summed E-state index contributed by atoms with van der Waals surface area (Å²) in [6, 6.07) is 6.39. The van der Waals surface area contributed by atoms with Crippen LogP contribution in [0, 0.1) is 12.7 Å². The zero-order valence-corrected chi connectivity index (χ0v) is 13.5. The van der Waals surface area contributed by atoms with Crippen molar-refractivity contribution < 1.29 is 9.13 Å². The van der Waals surface area contributed by atoms with Gasteiger partial charge >= 0.3 is 0 Å². The van der Waals surface area contributed by atoms with E-state index in [1.807, 2.05) is 20.8 Å². The summed E-state index contributed by atoms with van der Waals surface area (Å²) in [5, 5.41) is 0. The predicted octanol–water partition coefficient (Wildman–Crippen LogP) is 4.78. The van der Waals surface area contributed by atoms with Crippen LogP contribution >= 0.6 is 15.9 Å². The van der Waals surface area contributed by atoms with Crippen molar-refractivity contribution in [3.63, 3.8) is 0 Å². The van der Waals surface area contributed by atoms with Gasteiger partial charge in [0.2, 0.25) is 5.88 Å². The molecule has 0 saturated carbocycles. The second-order valence-electron chi connectivity index (χ2n) is 5.62. The molecule has 1 aromatic heterocycles. The van der Waals surface area contributed by atoms with Crippen molar-refractivity contribution in [2.45, 2.75) is 33.1 Å². The molecule has 0 fully saturated rings. The van der Waals surface area contributed by atoms with Gasteiger partial charge in [-0.05, 0) is 34.5 Å². The Balaban J connectivity index is 2.33. The van der Waals surface area contributed by atoms with Crippen LogP contribution in [0.15, 0.2) is 28.9 Å². The van der Waals surface area contributed by atoms with Crippen molar-refractivity contribution in [3.8, 4) is 11.6 Å². The van der Waals surface area contributed by atoms with Gasteiger partial charge in [-0.2, -0.15) is 4.98 Å². The van der Waals surface area contributed by atoms with Crippen LogP contribution in [0.1, 0.15) is 32.2 Å². The second kappa shape index (κ2) is 5.48. The van der Waals surface area contributed by atoms with Crippen molar-refractivity contribution in [2.75, 3.05) is 0 Å². The zero-order chi connectivity index (χ0) is 14.9. The summed E-state index contributed by atoms with van der Waals surface area (Å²) in [5.41, 5.74) is 0.386. The van der Waals surface area contributed by atoms with Crippen LogP contribution in [-0.4, -0.2) is 9.97 Å². The number of aryl methyl sites for hydroxylation is 1. The lowest BCUT2D eigenvalue weighted by Crippen LogP contribution is -2.16. The van der Waals surface area contributed by atoms with E-state index in [0.29, 0.717) is 27.6 Å². The highest BCUT2D eigenvalue weighted by molar-refractivity contribution is 9.10. The lowest BCUT2D eigenvalue weighted by molar-refractivity contribution is 0.441. The average molecular weight is 339 g/mol. The molecule has 0 unspecified atom stereocenters. The Hall–Kier alpha value is -1.49. The van der Waals surface area contributed by atoms with Crippen molar-refractivity contribution in [3.05, 3.63) is 46.1 Å². The lowest BCUT2D eigenvalue weighted by atomic mass is 9.96. The van der Waals surface area contributed by atoms with Gasteiger partial charge in [-0.25, -0.2) is 9.37 Å². The number of hydrogen-bond donors (Lipinski definition) is 0. The Morgan fingerprint density at radius 3 is 2.45 bits per heavy atom. The van der Waals surface area contributed by atoms with E-state index in [1.54, 1.807) is 25.1 Å². The highest BCUT2D eigenvalue weighted by Gasteiger charge is 2.19. The Morgan fingerprint density at radius 2 is 1.85 bits per heavy atom. The number of benzene rings is 1. The molecule has 20 heavy (non-hydrogen) atoms.